The van der Waals surface area contributed by atoms with Gasteiger partial charge >= 0.3 is 0 Å². The summed E-state index contributed by atoms with van der Waals surface area (Å²) in [7, 11) is 3.35. The number of aromatic nitrogens is 1. The zero-order valence-electron chi connectivity index (χ0n) is 16.8. The second-order valence-corrected chi connectivity index (χ2v) is 7.75. The molecule has 2 aliphatic rings. The zero-order chi connectivity index (χ0) is 20.0. The third-order valence-corrected chi connectivity index (χ3v) is 6.10. The second kappa shape index (κ2) is 7.12. The van der Waals surface area contributed by atoms with Gasteiger partial charge in [0.05, 0.1) is 14.2 Å². The first-order valence-corrected chi connectivity index (χ1v) is 10.0. The topological polar surface area (TPSA) is 66.6 Å². The largest absolute Gasteiger partial charge is 0.493 e. The lowest BCUT2D eigenvalue weighted by atomic mass is 9.98. The van der Waals surface area contributed by atoms with Gasteiger partial charge in [0.25, 0.3) is 5.91 Å². The SMILES string of the molecule is COc1cc2c(cc1OC)CN(Cc1[nH]c3cccc4c3c1CCNC4=O)CC2. The molecule has 0 atom stereocenters. The lowest BCUT2D eigenvalue weighted by molar-refractivity contribution is 0.0957. The molecule has 2 N–H and O–H groups in total. The van der Waals surface area contributed by atoms with Gasteiger partial charge in [0, 0.05) is 48.3 Å². The molecular weight excluding hydrogens is 366 g/mol. The quantitative estimate of drug-likeness (QED) is 0.718. The van der Waals surface area contributed by atoms with Gasteiger partial charge in [0.15, 0.2) is 11.5 Å². The Morgan fingerprint density at radius 2 is 1.86 bits per heavy atom. The minimum absolute atomic E-state index is 0.0212. The van der Waals surface area contributed by atoms with Gasteiger partial charge in [-0.3, -0.25) is 9.69 Å². The van der Waals surface area contributed by atoms with Crippen LogP contribution >= 0.6 is 0 Å². The van der Waals surface area contributed by atoms with Crippen molar-refractivity contribution >= 4 is 16.8 Å². The lowest BCUT2D eigenvalue weighted by Crippen LogP contribution is -2.30. The van der Waals surface area contributed by atoms with Gasteiger partial charge in [-0.25, -0.2) is 0 Å². The number of amides is 1. The first-order chi connectivity index (χ1) is 14.2. The number of carbonyl (C=O) groups is 1. The standard InChI is InChI=1S/C23H25N3O3/c1-28-20-10-14-7-9-26(12-15(14)11-21(20)29-2)13-19-16-6-8-24-23(27)17-4-3-5-18(25-19)22(16)17/h3-5,10-11,25H,6-9,12-13H2,1-2H3,(H,24,27). The van der Waals surface area contributed by atoms with Crippen LogP contribution in [0.5, 0.6) is 11.5 Å². The van der Waals surface area contributed by atoms with Gasteiger partial charge in [-0.1, -0.05) is 6.07 Å². The molecule has 6 heteroatoms. The van der Waals surface area contributed by atoms with Crippen LogP contribution < -0.4 is 14.8 Å². The molecule has 0 fully saturated rings. The number of fused-ring (bicyclic) bond motifs is 1. The van der Waals surface area contributed by atoms with E-state index in [9.17, 15) is 4.79 Å². The summed E-state index contributed by atoms with van der Waals surface area (Å²) >= 11 is 0. The Kier molecular flexibility index (Phi) is 4.43. The monoisotopic (exact) mass is 391 g/mol. The maximum Gasteiger partial charge on any atom is 0.251 e. The van der Waals surface area contributed by atoms with Crippen LogP contribution in [-0.4, -0.2) is 43.1 Å². The number of nitrogens with one attached hydrogen (secondary N) is 2. The fourth-order valence-corrected chi connectivity index (χ4v) is 4.67. The third-order valence-electron chi connectivity index (χ3n) is 6.10. The van der Waals surface area contributed by atoms with Gasteiger partial charge in [0.2, 0.25) is 0 Å². The summed E-state index contributed by atoms with van der Waals surface area (Å²) in [5, 5.41) is 4.10. The fraction of sp³-hybridized carbons (Fsp3) is 0.348. The molecule has 5 rings (SSSR count). The van der Waals surface area contributed by atoms with Crippen LogP contribution in [-0.2, 0) is 25.9 Å². The molecule has 1 amide bonds. The van der Waals surface area contributed by atoms with E-state index in [4.69, 9.17) is 9.47 Å². The summed E-state index contributed by atoms with van der Waals surface area (Å²) in [6.45, 7) is 3.37. The van der Waals surface area contributed by atoms with E-state index >= 15 is 0 Å². The molecule has 0 spiro atoms. The highest BCUT2D eigenvalue weighted by molar-refractivity contribution is 6.08. The molecule has 2 aromatic carbocycles. The van der Waals surface area contributed by atoms with Gasteiger partial charge < -0.3 is 19.8 Å². The molecule has 0 saturated heterocycles. The average Bonchev–Trinajstić information content (AvgIpc) is 2.99. The van der Waals surface area contributed by atoms with Crippen molar-refractivity contribution in [3.05, 3.63) is 58.3 Å². The van der Waals surface area contributed by atoms with Crippen LogP contribution in [0.2, 0.25) is 0 Å². The van der Waals surface area contributed by atoms with Crippen molar-refractivity contribution in [2.24, 2.45) is 0 Å². The number of H-pyrrole nitrogens is 1. The summed E-state index contributed by atoms with van der Waals surface area (Å²) in [5.41, 5.74) is 6.92. The van der Waals surface area contributed by atoms with Crippen molar-refractivity contribution in [2.75, 3.05) is 27.3 Å². The third kappa shape index (κ3) is 3.04. The molecule has 0 radical (unpaired) electrons. The van der Waals surface area contributed by atoms with E-state index in [1.54, 1.807) is 14.2 Å². The van der Waals surface area contributed by atoms with Crippen molar-refractivity contribution < 1.29 is 14.3 Å². The maximum atomic E-state index is 12.4. The van der Waals surface area contributed by atoms with E-state index in [2.05, 4.69) is 33.4 Å². The molecule has 3 aromatic rings. The number of hydrogen-bond acceptors (Lipinski definition) is 4. The Labute approximate surface area is 169 Å². The predicted molar refractivity (Wildman–Crippen MR) is 112 cm³/mol. The molecule has 0 saturated carbocycles. The molecule has 150 valence electrons. The Morgan fingerprint density at radius 3 is 2.66 bits per heavy atom. The number of rotatable bonds is 4. The summed E-state index contributed by atoms with van der Waals surface area (Å²) in [6.07, 6.45) is 1.84. The average molecular weight is 391 g/mol. The Balaban J connectivity index is 1.46. The summed E-state index contributed by atoms with van der Waals surface area (Å²) in [5.74, 6) is 1.59. The summed E-state index contributed by atoms with van der Waals surface area (Å²) in [6, 6.07) is 10.1. The molecule has 3 heterocycles. The van der Waals surface area contributed by atoms with E-state index in [0.29, 0.717) is 6.54 Å². The first kappa shape index (κ1) is 18.1. The maximum absolute atomic E-state index is 12.4. The normalized spacial score (nSPS) is 16.3. The van der Waals surface area contributed by atoms with Gasteiger partial charge in [0.1, 0.15) is 0 Å². The van der Waals surface area contributed by atoms with E-state index < -0.39 is 0 Å². The van der Waals surface area contributed by atoms with Crippen molar-refractivity contribution in [3.63, 3.8) is 0 Å². The van der Waals surface area contributed by atoms with Crippen LogP contribution in [0.25, 0.3) is 10.9 Å². The Bertz CT molecular complexity index is 1100. The smallest absolute Gasteiger partial charge is 0.251 e. The minimum Gasteiger partial charge on any atom is -0.493 e. The van der Waals surface area contributed by atoms with Crippen LogP contribution in [0.15, 0.2) is 30.3 Å². The van der Waals surface area contributed by atoms with Crippen LogP contribution in [0, 0.1) is 0 Å². The first-order valence-electron chi connectivity index (χ1n) is 10.0. The molecule has 0 aliphatic carbocycles. The highest BCUT2D eigenvalue weighted by Gasteiger charge is 2.24. The Morgan fingerprint density at radius 1 is 1.07 bits per heavy atom. The lowest BCUT2D eigenvalue weighted by Gasteiger charge is -2.29. The molecule has 1 aromatic heterocycles. The van der Waals surface area contributed by atoms with Crippen molar-refractivity contribution in [1.29, 1.82) is 0 Å². The van der Waals surface area contributed by atoms with Crippen molar-refractivity contribution in [3.8, 4) is 11.5 Å². The minimum atomic E-state index is 0.0212. The van der Waals surface area contributed by atoms with Gasteiger partial charge in [-0.2, -0.15) is 0 Å². The molecule has 6 nitrogen and oxygen atoms in total. The van der Waals surface area contributed by atoms with Crippen LogP contribution in [0.4, 0.5) is 0 Å². The van der Waals surface area contributed by atoms with E-state index in [1.165, 1.54) is 22.4 Å². The number of hydrogen-bond donors (Lipinski definition) is 2. The predicted octanol–water partition coefficient (Wildman–Crippen LogP) is 3.03. The van der Waals surface area contributed by atoms with Gasteiger partial charge in [-0.15, -0.1) is 0 Å². The number of ether oxygens (including phenoxy) is 2. The second-order valence-electron chi connectivity index (χ2n) is 7.75. The van der Waals surface area contributed by atoms with E-state index in [1.807, 2.05) is 12.1 Å². The Hall–Kier alpha value is -2.99. The van der Waals surface area contributed by atoms with Crippen LogP contribution in [0.3, 0.4) is 0 Å². The summed E-state index contributed by atoms with van der Waals surface area (Å²) < 4.78 is 10.9. The molecule has 0 bridgehead atoms. The molecular formula is C23H25N3O3. The highest BCUT2D eigenvalue weighted by Crippen LogP contribution is 2.34. The van der Waals surface area contributed by atoms with E-state index in [-0.39, 0.29) is 5.91 Å². The number of carbonyl (C=O) groups excluding carboxylic acids is 1. The van der Waals surface area contributed by atoms with Gasteiger partial charge in [-0.05, 0) is 53.8 Å². The molecule has 2 aliphatic heterocycles. The van der Waals surface area contributed by atoms with Crippen LogP contribution in [0.1, 0.15) is 32.7 Å². The van der Waals surface area contributed by atoms with E-state index in [0.717, 1.165) is 60.4 Å². The number of methoxy groups -OCH3 is 2. The number of aromatic amines is 1. The highest BCUT2D eigenvalue weighted by atomic mass is 16.5. The van der Waals surface area contributed by atoms with Crippen molar-refractivity contribution in [2.45, 2.75) is 25.9 Å². The summed E-state index contributed by atoms with van der Waals surface area (Å²) in [4.78, 5) is 18.4. The molecule has 0 unspecified atom stereocenters. The molecule has 29 heavy (non-hydrogen) atoms. The number of nitrogens with zero attached hydrogens (tertiary/aromatic N) is 1. The van der Waals surface area contributed by atoms with Crippen molar-refractivity contribution in [1.82, 2.24) is 15.2 Å². The fourth-order valence-electron chi connectivity index (χ4n) is 4.67. The number of benzene rings is 2. The zero-order valence-corrected chi connectivity index (χ0v) is 16.8.